The number of hydrogen-bond acceptors (Lipinski definition) is 4. The van der Waals surface area contributed by atoms with Crippen LogP contribution in [0.15, 0.2) is 29.6 Å². The van der Waals surface area contributed by atoms with Crippen LogP contribution in [-0.4, -0.2) is 20.0 Å². The van der Waals surface area contributed by atoms with E-state index in [1.807, 2.05) is 6.07 Å². The Kier molecular flexibility index (Phi) is 3.97. The summed E-state index contributed by atoms with van der Waals surface area (Å²) in [6.45, 7) is 0. The van der Waals surface area contributed by atoms with Crippen LogP contribution in [0.25, 0.3) is 0 Å². The molecule has 0 fully saturated rings. The van der Waals surface area contributed by atoms with Crippen molar-refractivity contribution in [2.24, 2.45) is 0 Å². The van der Waals surface area contributed by atoms with Gasteiger partial charge in [-0.3, -0.25) is 4.79 Å². The Hall–Kier alpha value is -1.81. The number of fused-ring (bicyclic) bond motifs is 1. The van der Waals surface area contributed by atoms with Crippen LogP contribution < -0.4 is 9.47 Å². The molecule has 0 bridgehead atoms. The van der Waals surface area contributed by atoms with E-state index in [-0.39, 0.29) is 11.7 Å². The van der Waals surface area contributed by atoms with Gasteiger partial charge in [-0.05, 0) is 54.5 Å². The maximum atomic E-state index is 13.0. The highest BCUT2D eigenvalue weighted by molar-refractivity contribution is 7.10. The van der Waals surface area contributed by atoms with E-state index in [0.29, 0.717) is 17.1 Å². The van der Waals surface area contributed by atoms with Crippen LogP contribution in [0.4, 0.5) is 0 Å². The minimum Gasteiger partial charge on any atom is -0.497 e. The Morgan fingerprint density at radius 2 is 2.10 bits per heavy atom. The molecule has 21 heavy (non-hydrogen) atoms. The van der Waals surface area contributed by atoms with Crippen LogP contribution in [0.3, 0.4) is 0 Å². The van der Waals surface area contributed by atoms with Crippen molar-refractivity contribution in [3.63, 3.8) is 0 Å². The fraction of sp³-hybridized carbons (Fsp3) is 0.353. The number of Topliss-reactive ketones (excluding diaryl/α,β-unsaturated/α-hetero) is 1. The largest absolute Gasteiger partial charge is 0.497 e. The van der Waals surface area contributed by atoms with Gasteiger partial charge in [-0.1, -0.05) is 0 Å². The highest BCUT2D eigenvalue weighted by atomic mass is 32.1. The molecule has 1 aromatic heterocycles. The van der Waals surface area contributed by atoms with Crippen LogP contribution in [0.5, 0.6) is 11.5 Å². The number of carbonyl (C=O) groups excluding carboxylic acids is 1. The Balaban J connectivity index is 2.00. The van der Waals surface area contributed by atoms with E-state index in [0.717, 1.165) is 19.3 Å². The Bertz CT molecular complexity index is 660. The van der Waals surface area contributed by atoms with Gasteiger partial charge in [0.2, 0.25) is 0 Å². The van der Waals surface area contributed by atoms with Crippen molar-refractivity contribution in [3.05, 3.63) is 45.6 Å². The number of hydrogen-bond donors (Lipinski definition) is 0. The molecule has 1 aliphatic carbocycles. The SMILES string of the molecule is COc1ccc(OC)c(C(=O)C2CCCc3sccc32)c1. The summed E-state index contributed by atoms with van der Waals surface area (Å²) in [5, 5.41) is 2.08. The standard InChI is InChI=1S/C17H18O3S/c1-19-11-6-7-15(20-2)14(10-11)17(18)13-4-3-5-16-12(13)8-9-21-16/h6-10,13H,3-5H2,1-2H3. The fourth-order valence-corrected chi connectivity index (χ4v) is 3.94. The quantitative estimate of drug-likeness (QED) is 0.799. The van der Waals surface area contributed by atoms with Crippen molar-refractivity contribution in [1.82, 2.24) is 0 Å². The number of carbonyl (C=O) groups is 1. The normalized spacial score (nSPS) is 17.1. The first-order chi connectivity index (χ1) is 10.2. The van der Waals surface area contributed by atoms with Crippen molar-refractivity contribution in [2.45, 2.75) is 25.2 Å². The van der Waals surface area contributed by atoms with E-state index < -0.39 is 0 Å². The van der Waals surface area contributed by atoms with Crippen LogP contribution >= 0.6 is 11.3 Å². The van der Waals surface area contributed by atoms with Crippen molar-refractivity contribution >= 4 is 17.1 Å². The lowest BCUT2D eigenvalue weighted by Gasteiger charge is -2.22. The molecule has 0 saturated carbocycles. The summed E-state index contributed by atoms with van der Waals surface area (Å²) < 4.78 is 10.6. The number of rotatable bonds is 4. The average Bonchev–Trinajstić information content (AvgIpc) is 3.02. The molecule has 1 aliphatic rings. The Morgan fingerprint density at radius 3 is 2.86 bits per heavy atom. The molecule has 1 atom stereocenters. The maximum Gasteiger partial charge on any atom is 0.174 e. The molecule has 1 unspecified atom stereocenters. The summed E-state index contributed by atoms with van der Waals surface area (Å²) >= 11 is 1.75. The third-order valence-electron chi connectivity index (χ3n) is 4.04. The summed E-state index contributed by atoms with van der Waals surface area (Å²) in [6, 6.07) is 7.48. The second-order valence-corrected chi connectivity index (χ2v) is 6.18. The van der Waals surface area contributed by atoms with E-state index in [2.05, 4.69) is 11.4 Å². The number of ether oxygens (including phenoxy) is 2. The molecular weight excluding hydrogens is 284 g/mol. The van der Waals surface area contributed by atoms with E-state index >= 15 is 0 Å². The third-order valence-corrected chi connectivity index (χ3v) is 5.04. The predicted octanol–water partition coefficient (Wildman–Crippen LogP) is 4.07. The molecule has 0 radical (unpaired) electrons. The van der Waals surface area contributed by atoms with Gasteiger partial charge in [-0.2, -0.15) is 0 Å². The van der Waals surface area contributed by atoms with Crippen molar-refractivity contribution in [1.29, 1.82) is 0 Å². The molecule has 110 valence electrons. The van der Waals surface area contributed by atoms with Crippen LogP contribution in [0.1, 0.15) is 39.6 Å². The Morgan fingerprint density at radius 1 is 1.24 bits per heavy atom. The lowest BCUT2D eigenvalue weighted by molar-refractivity contribution is 0.0948. The molecular formula is C17H18O3S. The molecule has 3 nitrogen and oxygen atoms in total. The van der Waals surface area contributed by atoms with E-state index in [1.165, 1.54) is 10.4 Å². The molecule has 0 N–H and O–H groups in total. The molecule has 2 aromatic rings. The molecule has 0 aliphatic heterocycles. The predicted molar refractivity (Wildman–Crippen MR) is 83.9 cm³/mol. The fourth-order valence-electron chi connectivity index (χ4n) is 2.95. The summed E-state index contributed by atoms with van der Waals surface area (Å²) in [5.41, 5.74) is 1.81. The van der Waals surface area contributed by atoms with Gasteiger partial charge in [-0.15, -0.1) is 11.3 Å². The van der Waals surface area contributed by atoms with Gasteiger partial charge in [0.15, 0.2) is 5.78 Å². The van der Waals surface area contributed by atoms with Crippen molar-refractivity contribution in [2.75, 3.05) is 14.2 Å². The zero-order valence-electron chi connectivity index (χ0n) is 12.2. The van der Waals surface area contributed by atoms with Gasteiger partial charge >= 0.3 is 0 Å². The number of thiophene rings is 1. The van der Waals surface area contributed by atoms with Gasteiger partial charge in [-0.25, -0.2) is 0 Å². The topological polar surface area (TPSA) is 35.5 Å². The van der Waals surface area contributed by atoms with Gasteiger partial charge < -0.3 is 9.47 Å². The average molecular weight is 302 g/mol. The molecule has 1 heterocycles. The lowest BCUT2D eigenvalue weighted by atomic mass is 9.82. The van der Waals surface area contributed by atoms with E-state index in [9.17, 15) is 4.79 Å². The lowest BCUT2D eigenvalue weighted by Crippen LogP contribution is -2.18. The van der Waals surface area contributed by atoms with Crippen molar-refractivity contribution in [3.8, 4) is 11.5 Å². The molecule has 0 saturated heterocycles. The highest BCUT2D eigenvalue weighted by Crippen LogP contribution is 2.39. The second kappa shape index (κ2) is 5.90. The number of methoxy groups -OCH3 is 2. The summed E-state index contributed by atoms with van der Waals surface area (Å²) in [5.74, 6) is 1.37. The first kappa shape index (κ1) is 14.1. The first-order valence-electron chi connectivity index (χ1n) is 7.07. The molecule has 0 spiro atoms. The third kappa shape index (κ3) is 2.56. The summed E-state index contributed by atoms with van der Waals surface area (Å²) in [6.07, 6.45) is 3.06. The van der Waals surface area contributed by atoms with Gasteiger partial charge in [0.05, 0.1) is 19.8 Å². The zero-order valence-corrected chi connectivity index (χ0v) is 13.0. The van der Waals surface area contributed by atoms with E-state index in [4.69, 9.17) is 9.47 Å². The number of benzene rings is 1. The monoisotopic (exact) mass is 302 g/mol. The van der Waals surface area contributed by atoms with Crippen LogP contribution in [0, 0.1) is 0 Å². The highest BCUT2D eigenvalue weighted by Gasteiger charge is 2.29. The van der Waals surface area contributed by atoms with Gasteiger partial charge in [0.25, 0.3) is 0 Å². The zero-order chi connectivity index (χ0) is 14.8. The first-order valence-corrected chi connectivity index (χ1v) is 7.95. The smallest absolute Gasteiger partial charge is 0.174 e. The number of ketones is 1. The molecule has 3 rings (SSSR count). The maximum absolute atomic E-state index is 13.0. The van der Waals surface area contributed by atoms with Crippen LogP contribution in [-0.2, 0) is 6.42 Å². The second-order valence-electron chi connectivity index (χ2n) is 5.17. The van der Waals surface area contributed by atoms with Gasteiger partial charge in [0.1, 0.15) is 11.5 Å². The van der Waals surface area contributed by atoms with Gasteiger partial charge in [0, 0.05) is 10.8 Å². The summed E-state index contributed by atoms with van der Waals surface area (Å²) in [7, 11) is 3.20. The molecule has 4 heteroatoms. The summed E-state index contributed by atoms with van der Waals surface area (Å²) in [4.78, 5) is 14.3. The minimum absolute atomic E-state index is 0.0546. The van der Waals surface area contributed by atoms with Crippen molar-refractivity contribution < 1.29 is 14.3 Å². The molecule has 1 aromatic carbocycles. The minimum atomic E-state index is -0.0546. The molecule has 0 amide bonds. The van der Waals surface area contributed by atoms with Crippen LogP contribution in [0.2, 0.25) is 0 Å². The Labute approximate surface area is 128 Å². The van der Waals surface area contributed by atoms with E-state index in [1.54, 1.807) is 37.7 Å². The number of aryl methyl sites for hydroxylation is 1.